The Morgan fingerprint density at radius 3 is 2.62 bits per heavy atom. The van der Waals surface area contributed by atoms with Gasteiger partial charge in [-0.2, -0.15) is 0 Å². The van der Waals surface area contributed by atoms with Gasteiger partial charge in [-0.3, -0.25) is 4.79 Å². The second-order valence-electron chi connectivity index (χ2n) is 10.2. The highest BCUT2D eigenvalue weighted by Gasteiger charge is 2.55. The zero-order valence-corrected chi connectivity index (χ0v) is 19.2. The monoisotopic (exact) mass is 474 g/mol. The van der Waals surface area contributed by atoms with Crippen molar-refractivity contribution >= 4 is 18.6 Å². The van der Waals surface area contributed by atoms with Crippen molar-refractivity contribution in [2.24, 2.45) is 11.7 Å². The summed E-state index contributed by atoms with van der Waals surface area (Å²) in [5.74, 6) is -1.13. The van der Waals surface area contributed by atoms with E-state index in [1.54, 1.807) is 17.0 Å². The van der Waals surface area contributed by atoms with Crippen LogP contribution in [-0.2, 0) is 4.79 Å². The van der Waals surface area contributed by atoms with Crippen molar-refractivity contribution in [2.75, 3.05) is 26.2 Å². The average Bonchev–Trinajstić information content (AvgIpc) is 3.57. The number of benzene rings is 1. The summed E-state index contributed by atoms with van der Waals surface area (Å²) in [6, 6.07) is 3.85. The van der Waals surface area contributed by atoms with E-state index in [0.717, 1.165) is 32.2 Å². The van der Waals surface area contributed by atoms with E-state index in [9.17, 15) is 24.7 Å². The molecule has 0 bridgehead atoms. The molecule has 2 aliphatic heterocycles. The first kappa shape index (κ1) is 23.4. The van der Waals surface area contributed by atoms with Gasteiger partial charge >= 0.3 is 12.7 Å². The van der Waals surface area contributed by atoms with E-state index >= 15 is 0 Å². The maximum Gasteiger partial charge on any atom is 0.434 e. The number of carbonyl (C=O) groups is 2. The molecular formula is C23H33BN3O7-. The van der Waals surface area contributed by atoms with Gasteiger partial charge in [0, 0.05) is 25.6 Å². The molecule has 6 N–H and O–H groups in total. The summed E-state index contributed by atoms with van der Waals surface area (Å²) in [5.41, 5.74) is 6.03. The summed E-state index contributed by atoms with van der Waals surface area (Å²) in [5, 5.41) is 33.6. The summed E-state index contributed by atoms with van der Waals surface area (Å²) in [6.45, 7) is -0.814. The van der Waals surface area contributed by atoms with Gasteiger partial charge in [0.25, 0.3) is 0 Å². The number of hydrogen-bond acceptors (Lipinski definition) is 8. The Morgan fingerprint density at radius 1 is 1.21 bits per heavy atom. The van der Waals surface area contributed by atoms with E-state index in [0.29, 0.717) is 50.0 Å². The van der Waals surface area contributed by atoms with E-state index in [4.69, 9.17) is 15.1 Å². The van der Waals surface area contributed by atoms with Gasteiger partial charge < -0.3 is 40.5 Å². The van der Waals surface area contributed by atoms with E-state index in [1.807, 2.05) is 0 Å². The van der Waals surface area contributed by atoms with Crippen LogP contribution in [0.15, 0.2) is 12.1 Å². The number of nitrogens with zero attached hydrogens (tertiary/aromatic N) is 1. The number of nitrogens with one attached hydrogen (secondary N) is 1. The highest BCUT2D eigenvalue weighted by molar-refractivity contribution is 6.62. The molecule has 1 aromatic rings. The first-order chi connectivity index (χ1) is 16.3. The lowest BCUT2D eigenvalue weighted by Gasteiger charge is -2.41. The zero-order valence-electron chi connectivity index (χ0n) is 19.2. The molecule has 1 aromatic carbocycles. The number of nitrogens with two attached hydrogens (primary N) is 1. The van der Waals surface area contributed by atoms with Gasteiger partial charge in [0.2, 0.25) is 5.91 Å². The third kappa shape index (κ3) is 4.49. The normalized spacial score (nSPS) is 29.3. The molecule has 4 aliphatic rings. The van der Waals surface area contributed by atoms with Gasteiger partial charge in [0.1, 0.15) is 17.4 Å². The number of carboxylic acids is 1. The summed E-state index contributed by atoms with van der Waals surface area (Å²) >= 11 is 0. The molecule has 11 heteroatoms. The quantitative estimate of drug-likeness (QED) is 0.342. The number of amides is 1. The van der Waals surface area contributed by atoms with E-state index < -0.39 is 12.7 Å². The van der Waals surface area contributed by atoms with E-state index in [1.165, 1.54) is 0 Å². The molecule has 2 aliphatic carbocycles. The summed E-state index contributed by atoms with van der Waals surface area (Å²) in [6.07, 6.45) is 4.96. The van der Waals surface area contributed by atoms with Crippen molar-refractivity contribution in [3.05, 3.63) is 23.3 Å². The molecule has 10 nitrogen and oxygen atoms in total. The molecule has 0 spiro atoms. The zero-order chi connectivity index (χ0) is 24.0. The molecule has 0 radical (unpaired) electrons. The van der Waals surface area contributed by atoms with Crippen LogP contribution >= 0.6 is 0 Å². The predicted octanol–water partition coefficient (Wildman–Crippen LogP) is 0.645. The molecule has 5 rings (SSSR count). The fourth-order valence-corrected chi connectivity index (χ4v) is 5.74. The van der Waals surface area contributed by atoms with Gasteiger partial charge in [-0.1, -0.05) is 18.3 Å². The number of ether oxygens (including phenoxy) is 1. The first-order valence-corrected chi connectivity index (χ1v) is 12.3. The minimum atomic E-state index is -3.08. The van der Waals surface area contributed by atoms with Gasteiger partial charge in [-0.05, 0) is 49.1 Å². The maximum absolute atomic E-state index is 12.7. The molecule has 186 valence electrons. The summed E-state index contributed by atoms with van der Waals surface area (Å²) < 4.78 is 11.3. The summed E-state index contributed by atoms with van der Waals surface area (Å²) in [7, 11) is 0. The van der Waals surface area contributed by atoms with Crippen molar-refractivity contribution < 1.29 is 34.1 Å². The van der Waals surface area contributed by atoms with Crippen LogP contribution in [0.2, 0.25) is 5.82 Å². The van der Waals surface area contributed by atoms with Crippen LogP contribution in [0.3, 0.4) is 0 Å². The fraction of sp³-hybridized carbons (Fsp3) is 0.652. The number of hydrogen-bond donors (Lipinski definition) is 5. The third-order valence-corrected chi connectivity index (χ3v) is 7.83. The number of likely N-dealkylation sites (tertiary alicyclic amines) is 1. The Hall–Kier alpha value is -2.34. The van der Waals surface area contributed by atoms with Crippen molar-refractivity contribution in [1.82, 2.24) is 10.2 Å². The number of fused-ring (bicyclic) bond motifs is 3. The second kappa shape index (κ2) is 9.03. The number of rotatable bonds is 8. The Morgan fingerprint density at radius 2 is 1.94 bits per heavy atom. The van der Waals surface area contributed by atoms with Gasteiger partial charge in [0.15, 0.2) is 0 Å². The standard InChI is InChI=1S/C23H33BN3O7/c25-7-8-26-14-3-1-13(2-4-14)9-20(28)27-11-15(12-27)33-19-6-5-16-17-10-18(17)24(31,32)34-22(16)21(19)23(29)30/h5-6,13-15,17-18,26,31-32H,1-4,7-12,25H2,(H,29,30)/q-1/t13?,14?,17-,18-/m1/s1. The summed E-state index contributed by atoms with van der Waals surface area (Å²) in [4.78, 5) is 26.4. The molecular weight excluding hydrogens is 441 g/mol. The van der Waals surface area contributed by atoms with Crippen LogP contribution in [-0.4, -0.2) is 77.0 Å². The van der Waals surface area contributed by atoms with Crippen molar-refractivity contribution in [3.8, 4) is 11.5 Å². The van der Waals surface area contributed by atoms with Gasteiger partial charge in [-0.15, -0.1) is 0 Å². The van der Waals surface area contributed by atoms with Crippen LogP contribution in [0.5, 0.6) is 11.5 Å². The lowest BCUT2D eigenvalue weighted by atomic mass is 9.68. The lowest BCUT2D eigenvalue weighted by Crippen LogP contribution is -2.56. The van der Waals surface area contributed by atoms with Crippen molar-refractivity contribution in [3.63, 3.8) is 0 Å². The topological polar surface area (TPSA) is 155 Å². The molecule has 34 heavy (non-hydrogen) atoms. The Bertz CT molecular complexity index is 960. The van der Waals surface area contributed by atoms with E-state index in [-0.39, 0.29) is 40.8 Å². The van der Waals surface area contributed by atoms with Crippen LogP contribution in [0.4, 0.5) is 0 Å². The molecule has 0 aromatic heterocycles. The first-order valence-electron chi connectivity index (χ1n) is 12.3. The number of aromatic carboxylic acids is 1. The molecule has 3 fully saturated rings. The minimum Gasteiger partial charge on any atom is -0.669 e. The van der Waals surface area contributed by atoms with Crippen LogP contribution in [0.1, 0.15) is 60.4 Å². The largest absolute Gasteiger partial charge is 0.669 e. The SMILES string of the molecule is NCCNC1CCC(CC(=O)N2CC(Oc3ccc4c(c3C(=O)O)O[B-](O)(O)[C@@H]3C[C@H]43)C2)CC1. The highest BCUT2D eigenvalue weighted by atomic mass is 16.6. The molecule has 2 saturated carbocycles. The Kier molecular flexibility index (Phi) is 6.22. The highest BCUT2D eigenvalue weighted by Crippen LogP contribution is 2.63. The molecule has 2 heterocycles. The fourth-order valence-electron chi connectivity index (χ4n) is 5.74. The van der Waals surface area contributed by atoms with Gasteiger partial charge in [-0.25, -0.2) is 4.79 Å². The molecule has 1 saturated heterocycles. The van der Waals surface area contributed by atoms with Crippen LogP contribution < -0.4 is 20.4 Å². The molecule has 0 unspecified atom stereocenters. The number of carbonyl (C=O) groups excluding carboxylic acids is 1. The lowest BCUT2D eigenvalue weighted by molar-refractivity contribution is -0.141. The third-order valence-electron chi connectivity index (χ3n) is 7.83. The van der Waals surface area contributed by atoms with Gasteiger partial charge in [0.05, 0.1) is 18.8 Å². The van der Waals surface area contributed by atoms with Crippen molar-refractivity contribution in [2.45, 2.75) is 62.4 Å². The molecule has 2 atom stereocenters. The van der Waals surface area contributed by atoms with E-state index in [2.05, 4.69) is 5.32 Å². The predicted molar refractivity (Wildman–Crippen MR) is 124 cm³/mol. The van der Waals surface area contributed by atoms with Crippen molar-refractivity contribution in [1.29, 1.82) is 0 Å². The van der Waals surface area contributed by atoms with Crippen LogP contribution in [0.25, 0.3) is 0 Å². The minimum absolute atomic E-state index is 0.0161. The second-order valence-corrected chi connectivity index (χ2v) is 10.2. The Balaban J connectivity index is 1.15. The molecule has 1 amide bonds. The smallest absolute Gasteiger partial charge is 0.434 e. The maximum atomic E-state index is 12.7. The average molecular weight is 474 g/mol. The number of carboxylic acid groups (broad SMARTS) is 1. The van der Waals surface area contributed by atoms with Crippen LogP contribution in [0, 0.1) is 5.92 Å². The Labute approximate surface area is 198 Å².